The first-order chi connectivity index (χ1) is 13.0. The van der Waals surface area contributed by atoms with Gasteiger partial charge in [-0.1, -0.05) is 17.7 Å². The number of nitrogens with zero attached hydrogens (tertiary/aromatic N) is 4. The van der Waals surface area contributed by atoms with Gasteiger partial charge in [0.2, 0.25) is 10.0 Å². The molecule has 140 valence electrons. The van der Waals surface area contributed by atoms with Gasteiger partial charge in [0.1, 0.15) is 13.2 Å². The Morgan fingerprint density at radius 1 is 1.07 bits per heavy atom. The minimum atomic E-state index is -3.77. The fourth-order valence-electron chi connectivity index (χ4n) is 2.64. The average Bonchev–Trinajstić information content (AvgIpc) is 3.15. The third kappa shape index (κ3) is 3.62. The first kappa shape index (κ1) is 17.4. The van der Waals surface area contributed by atoms with Crippen LogP contribution in [0.1, 0.15) is 11.4 Å². The second-order valence-electron chi connectivity index (χ2n) is 5.97. The predicted molar refractivity (Wildman–Crippen MR) is 95.3 cm³/mol. The number of sulfonamides is 1. The molecule has 0 amide bonds. The second kappa shape index (κ2) is 6.97. The molecular formula is C17H17N5O4S. The van der Waals surface area contributed by atoms with Crippen molar-refractivity contribution in [2.45, 2.75) is 18.4 Å². The molecule has 2 aromatic carbocycles. The second-order valence-corrected chi connectivity index (χ2v) is 7.74. The Hall–Kier alpha value is -2.98. The fraction of sp³-hybridized carbons (Fsp3) is 0.235. The van der Waals surface area contributed by atoms with Gasteiger partial charge < -0.3 is 9.47 Å². The maximum Gasteiger partial charge on any atom is 0.241 e. The Morgan fingerprint density at radius 2 is 1.81 bits per heavy atom. The van der Waals surface area contributed by atoms with Gasteiger partial charge in [-0.05, 0) is 41.6 Å². The van der Waals surface area contributed by atoms with Gasteiger partial charge in [0.05, 0.1) is 17.1 Å². The van der Waals surface area contributed by atoms with Crippen molar-refractivity contribution in [3.05, 3.63) is 53.9 Å². The molecule has 4 rings (SSSR count). The summed E-state index contributed by atoms with van der Waals surface area (Å²) in [5.74, 6) is 1.32. The largest absolute Gasteiger partial charge is 0.486 e. The van der Waals surface area contributed by atoms with Gasteiger partial charge in [0, 0.05) is 6.07 Å². The lowest BCUT2D eigenvalue weighted by molar-refractivity contribution is 0.171. The van der Waals surface area contributed by atoms with Gasteiger partial charge in [0.15, 0.2) is 17.3 Å². The minimum Gasteiger partial charge on any atom is -0.486 e. The summed E-state index contributed by atoms with van der Waals surface area (Å²) in [7, 11) is -3.77. The number of benzene rings is 2. The number of hydrogen-bond acceptors (Lipinski definition) is 7. The van der Waals surface area contributed by atoms with Crippen LogP contribution in [0.15, 0.2) is 47.4 Å². The number of hydrogen-bond donors (Lipinski definition) is 1. The highest BCUT2D eigenvalue weighted by atomic mass is 32.2. The van der Waals surface area contributed by atoms with Crippen molar-refractivity contribution in [2.24, 2.45) is 0 Å². The lowest BCUT2D eigenvalue weighted by atomic mass is 10.2. The zero-order chi connectivity index (χ0) is 18.9. The number of nitrogens with one attached hydrogen (secondary N) is 1. The number of aryl methyl sites for hydroxylation is 1. The molecule has 1 aliphatic rings. The van der Waals surface area contributed by atoms with E-state index in [4.69, 9.17) is 9.47 Å². The first-order valence-electron chi connectivity index (χ1n) is 8.26. The lowest BCUT2D eigenvalue weighted by Gasteiger charge is -2.18. The van der Waals surface area contributed by atoms with E-state index in [1.807, 2.05) is 31.2 Å². The first-order valence-corrected chi connectivity index (χ1v) is 9.75. The van der Waals surface area contributed by atoms with Crippen LogP contribution < -0.4 is 14.2 Å². The molecule has 9 nitrogen and oxygen atoms in total. The molecule has 2 heterocycles. The van der Waals surface area contributed by atoms with Crippen molar-refractivity contribution in [2.75, 3.05) is 13.2 Å². The van der Waals surface area contributed by atoms with Gasteiger partial charge in [-0.15, -0.1) is 5.10 Å². The zero-order valence-electron chi connectivity index (χ0n) is 14.5. The summed E-state index contributed by atoms with van der Waals surface area (Å²) in [6.45, 7) is 2.75. The summed E-state index contributed by atoms with van der Waals surface area (Å²) >= 11 is 0. The van der Waals surface area contributed by atoms with Crippen LogP contribution in [0.2, 0.25) is 0 Å². The van der Waals surface area contributed by atoms with Crippen LogP contribution in [0.3, 0.4) is 0 Å². The molecule has 3 aromatic rings. The zero-order valence-corrected chi connectivity index (χ0v) is 15.3. The smallest absolute Gasteiger partial charge is 0.241 e. The van der Waals surface area contributed by atoms with Crippen molar-refractivity contribution in [3.63, 3.8) is 0 Å². The Balaban J connectivity index is 1.53. The van der Waals surface area contributed by atoms with Crippen LogP contribution in [-0.4, -0.2) is 41.8 Å². The number of ether oxygens (including phenoxy) is 2. The van der Waals surface area contributed by atoms with Crippen LogP contribution in [0, 0.1) is 6.92 Å². The van der Waals surface area contributed by atoms with E-state index in [2.05, 4.69) is 20.2 Å². The molecule has 0 atom stereocenters. The van der Waals surface area contributed by atoms with E-state index in [1.165, 1.54) is 16.8 Å². The van der Waals surface area contributed by atoms with E-state index >= 15 is 0 Å². The fourth-order valence-corrected chi connectivity index (χ4v) is 3.63. The summed E-state index contributed by atoms with van der Waals surface area (Å²) in [6.07, 6.45) is 0. The van der Waals surface area contributed by atoms with Crippen molar-refractivity contribution in [3.8, 4) is 17.2 Å². The molecule has 1 aromatic heterocycles. The van der Waals surface area contributed by atoms with Crippen molar-refractivity contribution in [1.82, 2.24) is 24.9 Å². The third-order valence-corrected chi connectivity index (χ3v) is 5.46. The topological polar surface area (TPSA) is 108 Å². The molecule has 0 fully saturated rings. The standard InChI is InChI=1S/C17H17N5O4S/c1-12-2-4-13(5-3-12)22-17(19-20-21-22)11-18-27(23,24)14-6-7-15-16(10-14)26-9-8-25-15/h2-7,10,18H,8-9,11H2,1H3. The van der Waals surface area contributed by atoms with Crippen LogP contribution in [0.5, 0.6) is 11.5 Å². The maximum atomic E-state index is 12.6. The quantitative estimate of drug-likeness (QED) is 0.701. The van der Waals surface area contributed by atoms with Crippen molar-refractivity contribution >= 4 is 10.0 Å². The molecule has 0 unspecified atom stereocenters. The van der Waals surface area contributed by atoms with E-state index < -0.39 is 10.0 Å². The Labute approximate surface area is 156 Å². The number of fused-ring (bicyclic) bond motifs is 1. The molecule has 0 radical (unpaired) electrons. The van der Waals surface area contributed by atoms with Crippen LogP contribution in [0.25, 0.3) is 5.69 Å². The van der Waals surface area contributed by atoms with Gasteiger partial charge in [0.25, 0.3) is 0 Å². The number of aromatic nitrogens is 4. The van der Waals surface area contributed by atoms with E-state index in [1.54, 1.807) is 6.07 Å². The molecule has 1 aliphatic heterocycles. The molecule has 0 aliphatic carbocycles. The summed E-state index contributed by atoms with van der Waals surface area (Å²) in [5.41, 5.74) is 1.85. The SMILES string of the molecule is Cc1ccc(-n2nnnc2CNS(=O)(=O)c2ccc3c(c2)OCCO3)cc1. The van der Waals surface area contributed by atoms with Gasteiger partial charge in [-0.3, -0.25) is 0 Å². The average molecular weight is 387 g/mol. The highest BCUT2D eigenvalue weighted by molar-refractivity contribution is 7.89. The molecule has 0 spiro atoms. The van der Waals surface area contributed by atoms with E-state index in [0.29, 0.717) is 30.5 Å². The Kier molecular flexibility index (Phi) is 4.50. The number of tetrazole rings is 1. The minimum absolute atomic E-state index is 0.0579. The predicted octanol–water partition coefficient (Wildman–Crippen LogP) is 1.22. The Morgan fingerprint density at radius 3 is 2.59 bits per heavy atom. The van der Waals surface area contributed by atoms with E-state index in [-0.39, 0.29) is 11.4 Å². The summed E-state index contributed by atoms with van der Waals surface area (Å²) in [4.78, 5) is 0.0844. The highest BCUT2D eigenvalue weighted by Crippen LogP contribution is 2.32. The van der Waals surface area contributed by atoms with Crippen LogP contribution >= 0.6 is 0 Å². The highest BCUT2D eigenvalue weighted by Gasteiger charge is 2.20. The van der Waals surface area contributed by atoms with Gasteiger partial charge in [-0.25, -0.2) is 13.1 Å². The molecule has 1 N–H and O–H groups in total. The molecule has 10 heteroatoms. The van der Waals surface area contributed by atoms with Gasteiger partial charge >= 0.3 is 0 Å². The van der Waals surface area contributed by atoms with Crippen LogP contribution in [-0.2, 0) is 16.6 Å². The van der Waals surface area contributed by atoms with Crippen LogP contribution in [0.4, 0.5) is 0 Å². The molecule has 0 saturated carbocycles. The monoisotopic (exact) mass is 387 g/mol. The molecule has 27 heavy (non-hydrogen) atoms. The van der Waals surface area contributed by atoms with Gasteiger partial charge in [-0.2, -0.15) is 4.68 Å². The molecule has 0 saturated heterocycles. The van der Waals surface area contributed by atoms with E-state index in [0.717, 1.165) is 11.3 Å². The Bertz CT molecular complexity index is 1060. The van der Waals surface area contributed by atoms with E-state index in [9.17, 15) is 8.42 Å². The molecule has 0 bridgehead atoms. The maximum absolute atomic E-state index is 12.6. The number of rotatable bonds is 5. The molecular weight excluding hydrogens is 370 g/mol. The lowest BCUT2D eigenvalue weighted by Crippen LogP contribution is -2.25. The van der Waals surface area contributed by atoms with Crippen molar-refractivity contribution in [1.29, 1.82) is 0 Å². The summed E-state index contributed by atoms with van der Waals surface area (Å²) in [6, 6.07) is 12.1. The third-order valence-electron chi connectivity index (χ3n) is 4.06. The normalized spacial score (nSPS) is 13.5. The summed E-state index contributed by atoms with van der Waals surface area (Å²) < 4.78 is 40.1. The van der Waals surface area contributed by atoms with Crippen molar-refractivity contribution < 1.29 is 17.9 Å². The summed E-state index contributed by atoms with van der Waals surface area (Å²) in [5, 5.41) is 11.5.